The molecule has 22 heavy (non-hydrogen) atoms. The van der Waals surface area contributed by atoms with Crippen LogP contribution in [0.15, 0.2) is 36.5 Å². The van der Waals surface area contributed by atoms with Gasteiger partial charge in [-0.3, -0.25) is 0 Å². The SMILES string of the molecule is CC(NC(=O)NCCCNc1ccccn1)c1ccc(Cl)s1. The van der Waals surface area contributed by atoms with Crippen molar-refractivity contribution in [2.45, 2.75) is 19.4 Å². The fourth-order valence-corrected chi connectivity index (χ4v) is 2.92. The molecule has 2 heterocycles. The van der Waals surface area contributed by atoms with Crippen LogP contribution in [0.1, 0.15) is 24.3 Å². The highest BCUT2D eigenvalue weighted by Gasteiger charge is 2.10. The summed E-state index contributed by atoms with van der Waals surface area (Å²) in [5.74, 6) is 0.843. The molecule has 7 heteroatoms. The molecule has 1 unspecified atom stereocenters. The summed E-state index contributed by atoms with van der Waals surface area (Å²) in [6.45, 7) is 3.29. The predicted molar refractivity (Wildman–Crippen MR) is 91.6 cm³/mol. The molecule has 1 atom stereocenters. The Kier molecular flexibility index (Phi) is 6.48. The fraction of sp³-hybridized carbons (Fsp3) is 0.333. The molecule has 0 aromatic carbocycles. The normalized spacial score (nSPS) is 11.7. The van der Waals surface area contributed by atoms with E-state index in [0.717, 1.165) is 28.0 Å². The van der Waals surface area contributed by atoms with E-state index in [1.54, 1.807) is 6.20 Å². The number of anilines is 1. The van der Waals surface area contributed by atoms with Crippen LogP contribution >= 0.6 is 22.9 Å². The minimum atomic E-state index is -0.171. The molecular formula is C15H19ClN4OS. The number of aromatic nitrogens is 1. The van der Waals surface area contributed by atoms with Crippen molar-refractivity contribution in [3.8, 4) is 0 Å². The number of pyridine rings is 1. The van der Waals surface area contributed by atoms with Crippen molar-refractivity contribution in [1.82, 2.24) is 15.6 Å². The summed E-state index contributed by atoms with van der Waals surface area (Å²) in [4.78, 5) is 17.0. The van der Waals surface area contributed by atoms with E-state index in [4.69, 9.17) is 11.6 Å². The van der Waals surface area contributed by atoms with Crippen LogP contribution in [0.2, 0.25) is 4.34 Å². The van der Waals surface area contributed by atoms with E-state index in [0.29, 0.717) is 6.54 Å². The number of nitrogens with one attached hydrogen (secondary N) is 3. The van der Waals surface area contributed by atoms with Gasteiger partial charge in [0.25, 0.3) is 0 Å². The molecule has 0 aliphatic carbocycles. The number of nitrogens with zero attached hydrogens (tertiary/aromatic N) is 1. The molecule has 0 radical (unpaired) electrons. The van der Waals surface area contributed by atoms with E-state index in [9.17, 15) is 4.79 Å². The number of carbonyl (C=O) groups excluding carboxylic acids is 1. The molecule has 0 saturated heterocycles. The number of carbonyl (C=O) groups is 1. The molecule has 5 nitrogen and oxygen atoms in total. The molecule has 0 saturated carbocycles. The topological polar surface area (TPSA) is 66.1 Å². The summed E-state index contributed by atoms with van der Waals surface area (Å²) in [5.41, 5.74) is 0. The molecule has 2 aromatic rings. The fourth-order valence-electron chi connectivity index (χ4n) is 1.85. The lowest BCUT2D eigenvalue weighted by Crippen LogP contribution is -2.37. The van der Waals surface area contributed by atoms with Crippen LogP contribution in [0.25, 0.3) is 0 Å². The van der Waals surface area contributed by atoms with E-state index in [1.165, 1.54) is 11.3 Å². The van der Waals surface area contributed by atoms with E-state index in [-0.39, 0.29) is 12.1 Å². The van der Waals surface area contributed by atoms with Gasteiger partial charge in [0.1, 0.15) is 5.82 Å². The van der Waals surface area contributed by atoms with Crippen LogP contribution in [-0.4, -0.2) is 24.1 Å². The summed E-state index contributed by atoms with van der Waals surface area (Å²) in [5, 5.41) is 8.92. The summed E-state index contributed by atoms with van der Waals surface area (Å²) in [6, 6.07) is 9.25. The van der Waals surface area contributed by atoms with Crippen molar-refractivity contribution < 1.29 is 4.79 Å². The monoisotopic (exact) mass is 338 g/mol. The van der Waals surface area contributed by atoms with Crippen LogP contribution < -0.4 is 16.0 Å². The van der Waals surface area contributed by atoms with Gasteiger partial charge in [-0.2, -0.15) is 0 Å². The van der Waals surface area contributed by atoms with Gasteiger partial charge in [0, 0.05) is 24.2 Å². The first-order valence-corrected chi connectivity index (χ1v) is 8.29. The van der Waals surface area contributed by atoms with E-state index in [1.807, 2.05) is 37.3 Å². The van der Waals surface area contributed by atoms with Crippen molar-refractivity contribution >= 4 is 34.8 Å². The zero-order valence-corrected chi connectivity index (χ0v) is 13.9. The molecule has 0 fully saturated rings. The standard InChI is InChI=1S/C15H19ClN4OS/c1-11(12-6-7-13(16)22-12)20-15(21)19-10-4-9-18-14-5-2-3-8-17-14/h2-3,5-8,11H,4,9-10H2,1H3,(H,17,18)(H2,19,20,21). The van der Waals surface area contributed by atoms with Gasteiger partial charge in [-0.1, -0.05) is 17.7 Å². The number of amides is 2. The average molecular weight is 339 g/mol. The van der Waals surface area contributed by atoms with Crippen molar-refractivity contribution in [1.29, 1.82) is 0 Å². The maximum Gasteiger partial charge on any atom is 0.315 e. The molecule has 2 rings (SSSR count). The molecular weight excluding hydrogens is 320 g/mol. The highest BCUT2D eigenvalue weighted by Crippen LogP contribution is 2.26. The first kappa shape index (κ1) is 16.6. The van der Waals surface area contributed by atoms with Gasteiger partial charge < -0.3 is 16.0 Å². The van der Waals surface area contributed by atoms with Crippen LogP contribution in [0, 0.1) is 0 Å². The van der Waals surface area contributed by atoms with Crippen LogP contribution in [0.4, 0.5) is 10.6 Å². The maximum absolute atomic E-state index is 11.8. The minimum absolute atomic E-state index is 0.0517. The zero-order chi connectivity index (χ0) is 15.8. The number of urea groups is 1. The second kappa shape index (κ2) is 8.60. The Morgan fingerprint density at radius 3 is 2.86 bits per heavy atom. The zero-order valence-electron chi connectivity index (χ0n) is 12.3. The Hall–Kier alpha value is -1.79. The van der Waals surface area contributed by atoms with Gasteiger partial charge in [-0.25, -0.2) is 9.78 Å². The number of halogens is 1. The van der Waals surface area contributed by atoms with Crippen molar-refractivity contribution in [2.24, 2.45) is 0 Å². The Morgan fingerprint density at radius 2 is 2.18 bits per heavy atom. The third kappa shape index (κ3) is 5.54. The molecule has 0 spiro atoms. The van der Waals surface area contributed by atoms with Gasteiger partial charge >= 0.3 is 6.03 Å². The molecule has 118 valence electrons. The third-order valence-corrected chi connectivity index (χ3v) is 4.39. The van der Waals surface area contributed by atoms with E-state index >= 15 is 0 Å². The minimum Gasteiger partial charge on any atom is -0.370 e. The van der Waals surface area contributed by atoms with E-state index in [2.05, 4.69) is 20.9 Å². The van der Waals surface area contributed by atoms with Gasteiger partial charge in [0.2, 0.25) is 0 Å². The Morgan fingerprint density at radius 1 is 1.32 bits per heavy atom. The lowest BCUT2D eigenvalue weighted by Gasteiger charge is -2.13. The van der Waals surface area contributed by atoms with Gasteiger partial charge in [-0.05, 0) is 37.6 Å². The molecule has 3 N–H and O–H groups in total. The number of rotatable bonds is 7. The number of hydrogen-bond donors (Lipinski definition) is 3. The summed E-state index contributed by atoms with van der Waals surface area (Å²) in [6.07, 6.45) is 2.56. The lowest BCUT2D eigenvalue weighted by atomic mass is 10.3. The quantitative estimate of drug-likeness (QED) is 0.675. The maximum atomic E-state index is 11.8. The van der Waals surface area contributed by atoms with Gasteiger partial charge in [0.05, 0.1) is 10.4 Å². The predicted octanol–water partition coefficient (Wildman–Crippen LogP) is 3.66. The molecule has 2 aromatic heterocycles. The van der Waals surface area contributed by atoms with E-state index < -0.39 is 0 Å². The molecule has 0 aliphatic heterocycles. The van der Waals surface area contributed by atoms with Gasteiger partial charge in [0.15, 0.2) is 0 Å². The van der Waals surface area contributed by atoms with Gasteiger partial charge in [-0.15, -0.1) is 11.3 Å². The Labute approximate surface area is 139 Å². The first-order chi connectivity index (χ1) is 10.6. The first-order valence-electron chi connectivity index (χ1n) is 7.09. The molecule has 0 aliphatic rings. The van der Waals surface area contributed by atoms with Crippen molar-refractivity contribution in [2.75, 3.05) is 18.4 Å². The summed E-state index contributed by atoms with van der Waals surface area (Å²) < 4.78 is 0.727. The number of thiophene rings is 1. The molecule has 2 amide bonds. The smallest absolute Gasteiger partial charge is 0.315 e. The highest BCUT2D eigenvalue weighted by atomic mass is 35.5. The lowest BCUT2D eigenvalue weighted by molar-refractivity contribution is 0.238. The second-order valence-electron chi connectivity index (χ2n) is 4.76. The van der Waals surface area contributed by atoms with Crippen LogP contribution in [0.5, 0.6) is 0 Å². The largest absolute Gasteiger partial charge is 0.370 e. The summed E-state index contributed by atoms with van der Waals surface area (Å²) >= 11 is 7.36. The Bertz CT molecular complexity index is 590. The van der Waals surface area contributed by atoms with Crippen molar-refractivity contribution in [3.63, 3.8) is 0 Å². The van der Waals surface area contributed by atoms with Crippen molar-refractivity contribution in [3.05, 3.63) is 45.7 Å². The third-order valence-electron chi connectivity index (χ3n) is 2.98. The van der Waals surface area contributed by atoms with Crippen LogP contribution in [-0.2, 0) is 0 Å². The average Bonchev–Trinajstić information content (AvgIpc) is 2.94. The highest BCUT2D eigenvalue weighted by molar-refractivity contribution is 7.16. The Balaban J connectivity index is 1.59. The van der Waals surface area contributed by atoms with Crippen LogP contribution in [0.3, 0.4) is 0 Å². The number of hydrogen-bond acceptors (Lipinski definition) is 4. The second-order valence-corrected chi connectivity index (χ2v) is 6.51. The molecule has 0 bridgehead atoms. The summed E-state index contributed by atoms with van der Waals surface area (Å²) in [7, 11) is 0.